The molecule has 3 rings (SSSR count). The minimum absolute atomic E-state index is 0.135. The number of carbonyl (C=O) groups excluding carboxylic acids is 1. The van der Waals surface area contributed by atoms with Crippen LogP contribution in [0.15, 0.2) is 30.6 Å². The quantitative estimate of drug-likeness (QED) is 0.646. The normalized spacial score (nSPS) is 23.8. The summed E-state index contributed by atoms with van der Waals surface area (Å²) in [5.74, 6) is -0.408. The predicted octanol–water partition coefficient (Wildman–Crippen LogP) is 1.56. The summed E-state index contributed by atoms with van der Waals surface area (Å²) in [6.07, 6.45) is 7.11. The monoisotopic (exact) mass is 346 g/mol. The predicted molar refractivity (Wildman–Crippen MR) is 95.9 cm³/mol. The van der Waals surface area contributed by atoms with Crippen molar-refractivity contribution in [3.63, 3.8) is 0 Å². The third-order valence-corrected chi connectivity index (χ3v) is 5.30. The summed E-state index contributed by atoms with van der Waals surface area (Å²) < 4.78 is 7.65. The molecule has 0 radical (unpaired) electrons. The Hall–Kier alpha value is -1.99. The summed E-state index contributed by atoms with van der Waals surface area (Å²) >= 11 is 5.66. The summed E-state index contributed by atoms with van der Waals surface area (Å²) in [6.45, 7) is -0.135. The molecular weight excluding hydrogens is 324 g/mol. The average Bonchev–Trinajstić information content (AvgIpc) is 3.05. The molecule has 1 saturated carbocycles. The number of thiocarbonyl (C=S) groups is 1. The van der Waals surface area contributed by atoms with Crippen LogP contribution < -0.4 is 11.1 Å². The van der Waals surface area contributed by atoms with Gasteiger partial charge in [-0.15, -0.1) is 0 Å². The van der Waals surface area contributed by atoms with Crippen LogP contribution in [0.5, 0.6) is 0 Å². The Bertz CT molecular complexity index is 727. The molecule has 2 aromatic heterocycles. The fraction of sp³-hybridized carbons (Fsp3) is 0.471. The standard InChI is InChI=1S/C17H22N4O2S/c1-19-16(24)17(8-4-2-6-13(17)23-15(22)10-18)12-11-21-9-5-3-7-14(21)20-12/h3,5,7,9,11,13H,2,4,6,8,10,18H2,1H3,(H,19,24). The van der Waals surface area contributed by atoms with Gasteiger partial charge in [-0.05, 0) is 31.4 Å². The summed E-state index contributed by atoms with van der Waals surface area (Å²) in [6, 6.07) is 5.85. The van der Waals surface area contributed by atoms with Crippen molar-refractivity contribution in [2.75, 3.05) is 13.6 Å². The largest absolute Gasteiger partial charge is 0.460 e. The van der Waals surface area contributed by atoms with Gasteiger partial charge in [0, 0.05) is 19.4 Å². The highest BCUT2D eigenvalue weighted by Crippen LogP contribution is 2.42. The molecule has 3 N–H and O–H groups in total. The fourth-order valence-corrected chi connectivity index (χ4v) is 3.89. The lowest BCUT2D eigenvalue weighted by Crippen LogP contribution is -2.54. The van der Waals surface area contributed by atoms with Gasteiger partial charge in [0.15, 0.2) is 0 Å². The van der Waals surface area contributed by atoms with Gasteiger partial charge in [0.05, 0.1) is 17.2 Å². The number of esters is 1. The zero-order chi connectivity index (χ0) is 17.2. The highest BCUT2D eigenvalue weighted by Gasteiger charge is 2.49. The van der Waals surface area contributed by atoms with Gasteiger partial charge >= 0.3 is 5.97 Å². The molecule has 1 aliphatic rings. The van der Waals surface area contributed by atoms with Gasteiger partial charge in [-0.3, -0.25) is 4.79 Å². The number of likely N-dealkylation sites (N-methyl/N-ethyl adjacent to an activating group) is 1. The maximum absolute atomic E-state index is 11.8. The number of aromatic nitrogens is 2. The first kappa shape index (κ1) is 16.9. The lowest BCUT2D eigenvalue weighted by molar-refractivity contribution is -0.151. The Morgan fingerprint density at radius 3 is 3.08 bits per heavy atom. The topological polar surface area (TPSA) is 81.7 Å². The third kappa shape index (κ3) is 2.78. The maximum Gasteiger partial charge on any atom is 0.320 e. The van der Waals surface area contributed by atoms with Crippen LogP contribution in [0.1, 0.15) is 31.4 Å². The van der Waals surface area contributed by atoms with Gasteiger partial charge in [-0.2, -0.15) is 0 Å². The van der Waals surface area contributed by atoms with Gasteiger partial charge < -0.3 is 20.2 Å². The fourth-order valence-electron chi connectivity index (χ4n) is 3.55. The van der Waals surface area contributed by atoms with E-state index in [1.807, 2.05) is 35.0 Å². The van der Waals surface area contributed by atoms with Crippen LogP contribution in [-0.4, -0.2) is 40.0 Å². The highest BCUT2D eigenvalue weighted by molar-refractivity contribution is 7.80. The number of fused-ring (bicyclic) bond motifs is 1. The minimum atomic E-state index is -0.612. The Morgan fingerprint density at radius 2 is 2.38 bits per heavy atom. The van der Waals surface area contributed by atoms with E-state index in [1.54, 1.807) is 7.05 Å². The summed E-state index contributed by atoms with van der Waals surface area (Å²) in [5, 5.41) is 3.10. The van der Waals surface area contributed by atoms with Gasteiger partial charge in [0.2, 0.25) is 0 Å². The van der Waals surface area contributed by atoms with Crippen molar-refractivity contribution in [1.82, 2.24) is 14.7 Å². The Kier molecular flexibility index (Phi) is 4.82. The number of ether oxygens (including phenoxy) is 1. The van der Waals surface area contributed by atoms with Crippen LogP contribution in [-0.2, 0) is 14.9 Å². The molecule has 2 aromatic rings. The van der Waals surface area contributed by atoms with Crippen LogP contribution in [0, 0.1) is 0 Å². The number of hydrogen-bond acceptors (Lipinski definition) is 5. The smallest absolute Gasteiger partial charge is 0.320 e. The van der Waals surface area contributed by atoms with E-state index < -0.39 is 11.4 Å². The van der Waals surface area contributed by atoms with E-state index >= 15 is 0 Å². The van der Waals surface area contributed by atoms with Gasteiger partial charge in [-0.1, -0.05) is 24.7 Å². The molecule has 0 bridgehead atoms. The van der Waals surface area contributed by atoms with E-state index in [9.17, 15) is 4.79 Å². The second-order valence-electron chi connectivity index (χ2n) is 6.07. The second kappa shape index (κ2) is 6.86. The molecule has 2 unspecified atom stereocenters. The molecular formula is C17H22N4O2S. The number of nitrogens with zero attached hydrogens (tertiary/aromatic N) is 2. The summed E-state index contributed by atoms with van der Waals surface area (Å²) in [4.78, 5) is 17.3. The van der Waals surface area contributed by atoms with E-state index in [2.05, 4.69) is 5.32 Å². The number of nitrogens with two attached hydrogens (primary N) is 1. The molecule has 2 heterocycles. The van der Waals surface area contributed by atoms with Crippen molar-refractivity contribution >= 4 is 28.8 Å². The molecule has 6 nitrogen and oxygen atoms in total. The molecule has 2 atom stereocenters. The molecule has 0 aliphatic heterocycles. The van der Waals surface area contributed by atoms with E-state index in [0.717, 1.165) is 37.0 Å². The second-order valence-corrected chi connectivity index (χ2v) is 6.48. The van der Waals surface area contributed by atoms with E-state index in [4.69, 9.17) is 27.7 Å². The summed E-state index contributed by atoms with van der Waals surface area (Å²) in [5.41, 5.74) is 6.51. The Balaban J connectivity index is 2.11. The molecule has 1 aliphatic carbocycles. The van der Waals surface area contributed by atoms with Crippen LogP contribution in [0.3, 0.4) is 0 Å². The Labute approximate surface area is 146 Å². The Morgan fingerprint density at radius 1 is 1.54 bits per heavy atom. The van der Waals surface area contributed by atoms with Gasteiger partial charge in [-0.25, -0.2) is 4.98 Å². The molecule has 0 saturated heterocycles. The average molecular weight is 346 g/mol. The first-order valence-corrected chi connectivity index (χ1v) is 8.58. The molecule has 1 fully saturated rings. The van der Waals surface area contributed by atoms with Gasteiger partial charge in [0.25, 0.3) is 0 Å². The number of hydrogen-bond donors (Lipinski definition) is 2. The molecule has 0 aromatic carbocycles. The third-order valence-electron chi connectivity index (χ3n) is 4.73. The highest BCUT2D eigenvalue weighted by atomic mass is 32.1. The molecule has 0 amide bonds. The van der Waals surface area contributed by atoms with Crippen molar-refractivity contribution in [2.24, 2.45) is 5.73 Å². The van der Waals surface area contributed by atoms with E-state index in [0.29, 0.717) is 4.99 Å². The maximum atomic E-state index is 11.8. The molecule has 128 valence electrons. The van der Waals surface area contributed by atoms with Crippen molar-refractivity contribution in [3.8, 4) is 0 Å². The SMILES string of the molecule is CNC(=S)C1(c2cn3ccccc3n2)CCCCC1OC(=O)CN. The summed E-state index contributed by atoms with van der Waals surface area (Å²) in [7, 11) is 1.80. The van der Waals surface area contributed by atoms with Crippen LogP contribution >= 0.6 is 12.2 Å². The molecule has 24 heavy (non-hydrogen) atoms. The molecule has 0 spiro atoms. The zero-order valence-corrected chi connectivity index (χ0v) is 14.5. The number of nitrogens with one attached hydrogen (secondary N) is 1. The van der Waals surface area contributed by atoms with Crippen molar-refractivity contribution < 1.29 is 9.53 Å². The zero-order valence-electron chi connectivity index (χ0n) is 13.7. The first-order chi connectivity index (χ1) is 11.6. The first-order valence-electron chi connectivity index (χ1n) is 8.17. The number of pyridine rings is 1. The van der Waals surface area contributed by atoms with Crippen LogP contribution in [0.25, 0.3) is 5.65 Å². The van der Waals surface area contributed by atoms with E-state index in [-0.39, 0.29) is 12.6 Å². The minimum Gasteiger partial charge on any atom is -0.460 e. The number of carbonyl (C=O) groups is 1. The van der Waals surface area contributed by atoms with Crippen molar-refractivity contribution in [3.05, 3.63) is 36.3 Å². The van der Waals surface area contributed by atoms with Crippen molar-refractivity contribution in [2.45, 2.75) is 37.2 Å². The molecule has 7 heteroatoms. The lowest BCUT2D eigenvalue weighted by Gasteiger charge is -2.42. The van der Waals surface area contributed by atoms with Gasteiger partial charge in [0.1, 0.15) is 17.2 Å². The van der Waals surface area contributed by atoms with E-state index in [1.165, 1.54) is 0 Å². The van der Waals surface area contributed by atoms with Crippen LogP contribution in [0.2, 0.25) is 0 Å². The lowest BCUT2D eigenvalue weighted by atomic mass is 9.69. The van der Waals surface area contributed by atoms with Crippen LogP contribution in [0.4, 0.5) is 0 Å². The van der Waals surface area contributed by atoms with Crippen molar-refractivity contribution in [1.29, 1.82) is 0 Å². The number of imidazole rings is 1. The number of rotatable bonds is 4.